The number of hydrogen-bond donors (Lipinski definition) is 8. The number of methoxy groups -OCH3 is 1. The molecule has 39 heavy (non-hydrogen) atoms. The van der Waals surface area contributed by atoms with Crippen molar-refractivity contribution in [1.29, 1.82) is 0 Å². The zero-order valence-electron chi connectivity index (χ0n) is 21.8. The smallest absolute Gasteiger partial charge is 0.366 e. The predicted molar refractivity (Wildman–Crippen MR) is 127 cm³/mol. The summed E-state index contributed by atoms with van der Waals surface area (Å²) in [6.07, 6.45) is -12.2. The van der Waals surface area contributed by atoms with Crippen LogP contribution in [0.2, 0.25) is 0 Å². The number of ether oxygens (including phenoxy) is 5. The summed E-state index contributed by atoms with van der Waals surface area (Å²) in [5.41, 5.74) is 0. The van der Waals surface area contributed by atoms with Crippen molar-refractivity contribution in [3.63, 3.8) is 0 Å². The SMILES string of the molecule is C=CCO[C@H]1OC(CO[C@]2(C(=O)OC)C[C@@H](O)[C@@H](NC(C)=O)C([C@H](O)[C@H](O)CO)O2)[C@H](O)[C@H](O)C1NC(C)=O. The maximum absolute atomic E-state index is 12.9. The molecule has 8 N–H and O–H groups in total. The summed E-state index contributed by atoms with van der Waals surface area (Å²) in [6.45, 7) is 4.20. The fourth-order valence-corrected chi connectivity index (χ4v) is 4.40. The van der Waals surface area contributed by atoms with Crippen LogP contribution >= 0.6 is 0 Å². The molecule has 11 atom stereocenters. The molecular formula is C23H38N2O14. The fourth-order valence-electron chi connectivity index (χ4n) is 4.40. The first-order chi connectivity index (χ1) is 18.3. The topological polar surface area (TPSA) is 243 Å². The molecule has 0 aromatic rings. The number of amides is 2. The highest BCUT2D eigenvalue weighted by atomic mass is 16.8. The van der Waals surface area contributed by atoms with Gasteiger partial charge in [0.15, 0.2) is 6.29 Å². The zero-order valence-corrected chi connectivity index (χ0v) is 21.8. The highest BCUT2D eigenvalue weighted by Gasteiger charge is 2.57. The molecule has 0 saturated carbocycles. The van der Waals surface area contributed by atoms with Crippen molar-refractivity contribution in [2.24, 2.45) is 0 Å². The first-order valence-corrected chi connectivity index (χ1v) is 12.1. The minimum absolute atomic E-state index is 0.0458. The van der Waals surface area contributed by atoms with Crippen molar-refractivity contribution in [1.82, 2.24) is 10.6 Å². The number of hydrogen-bond acceptors (Lipinski definition) is 14. The van der Waals surface area contributed by atoms with Crippen molar-refractivity contribution in [2.75, 3.05) is 26.9 Å². The van der Waals surface area contributed by atoms with Crippen LogP contribution in [0.3, 0.4) is 0 Å². The van der Waals surface area contributed by atoms with E-state index in [2.05, 4.69) is 17.2 Å². The Balaban J connectivity index is 2.34. The quantitative estimate of drug-likeness (QED) is 0.0819. The maximum atomic E-state index is 12.9. The second kappa shape index (κ2) is 14.4. The van der Waals surface area contributed by atoms with E-state index < -0.39 is 104 Å². The Hall–Kier alpha value is -2.25. The molecule has 2 saturated heterocycles. The van der Waals surface area contributed by atoms with Gasteiger partial charge in [-0.3, -0.25) is 9.59 Å². The van der Waals surface area contributed by atoms with E-state index in [1.807, 2.05) is 0 Å². The molecule has 0 aliphatic carbocycles. The lowest BCUT2D eigenvalue weighted by molar-refractivity contribution is -0.330. The van der Waals surface area contributed by atoms with Gasteiger partial charge >= 0.3 is 5.97 Å². The van der Waals surface area contributed by atoms with Crippen LogP contribution in [0.15, 0.2) is 12.7 Å². The molecule has 3 unspecified atom stereocenters. The molecule has 16 heteroatoms. The molecular weight excluding hydrogens is 528 g/mol. The predicted octanol–water partition coefficient (Wildman–Crippen LogP) is -4.61. The zero-order chi connectivity index (χ0) is 29.5. The number of aliphatic hydroxyl groups is 6. The number of aliphatic hydroxyl groups excluding tert-OH is 6. The molecule has 0 spiro atoms. The van der Waals surface area contributed by atoms with Gasteiger partial charge in [0.05, 0.1) is 39.1 Å². The largest absolute Gasteiger partial charge is 0.465 e. The average Bonchev–Trinajstić information content (AvgIpc) is 2.89. The molecule has 224 valence electrons. The summed E-state index contributed by atoms with van der Waals surface area (Å²) in [4.78, 5) is 36.2. The van der Waals surface area contributed by atoms with Crippen LogP contribution in [0.25, 0.3) is 0 Å². The number of carbonyl (C=O) groups excluding carboxylic acids is 3. The molecule has 2 amide bonds. The Labute approximate surface area is 224 Å². The molecule has 0 aromatic heterocycles. The summed E-state index contributed by atoms with van der Waals surface area (Å²) in [5.74, 6) is -4.80. The van der Waals surface area contributed by atoms with E-state index in [0.717, 1.165) is 14.0 Å². The normalized spacial score (nSPS) is 36.3. The molecule has 2 aliphatic heterocycles. The first kappa shape index (κ1) is 33.0. The molecule has 0 radical (unpaired) electrons. The van der Waals surface area contributed by atoms with E-state index in [4.69, 9.17) is 23.7 Å². The van der Waals surface area contributed by atoms with Crippen LogP contribution in [0.4, 0.5) is 0 Å². The van der Waals surface area contributed by atoms with Gasteiger partial charge < -0.3 is 65.0 Å². The van der Waals surface area contributed by atoms with Crippen LogP contribution in [0.5, 0.6) is 0 Å². The lowest BCUT2D eigenvalue weighted by Crippen LogP contribution is -2.69. The minimum atomic E-state index is -2.45. The third-order valence-electron chi connectivity index (χ3n) is 6.29. The summed E-state index contributed by atoms with van der Waals surface area (Å²) in [6, 6.07) is -2.51. The van der Waals surface area contributed by atoms with Gasteiger partial charge in [0, 0.05) is 20.3 Å². The van der Waals surface area contributed by atoms with Gasteiger partial charge in [-0.2, -0.15) is 0 Å². The number of carbonyl (C=O) groups is 3. The lowest BCUT2D eigenvalue weighted by atomic mass is 9.88. The van der Waals surface area contributed by atoms with Gasteiger partial charge in [0.2, 0.25) is 11.8 Å². The Morgan fingerprint density at radius 3 is 2.26 bits per heavy atom. The van der Waals surface area contributed by atoms with Gasteiger partial charge in [-0.15, -0.1) is 6.58 Å². The Kier molecular flexibility index (Phi) is 12.2. The van der Waals surface area contributed by atoms with Crippen molar-refractivity contribution in [3.8, 4) is 0 Å². The Morgan fingerprint density at radius 2 is 1.72 bits per heavy atom. The Bertz CT molecular complexity index is 861. The van der Waals surface area contributed by atoms with E-state index >= 15 is 0 Å². The average molecular weight is 567 g/mol. The monoisotopic (exact) mass is 566 g/mol. The van der Waals surface area contributed by atoms with Crippen LogP contribution in [0, 0.1) is 0 Å². The summed E-state index contributed by atoms with van der Waals surface area (Å²) < 4.78 is 27.3. The van der Waals surface area contributed by atoms with Crippen molar-refractivity contribution in [2.45, 2.75) is 87.2 Å². The third kappa shape index (κ3) is 7.91. The lowest BCUT2D eigenvalue weighted by Gasteiger charge is -2.48. The molecule has 2 aliphatic rings. The highest BCUT2D eigenvalue weighted by Crippen LogP contribution is 2.35. The molecule has 0 bridgehead atoms. The number of rotatable bonds is 12. The van der Waals surface area contributed by atoms with E-state index in [0.29, 0.717) is 0 Å². The summed E-state index contributed by atoms with van der Waals surface area (Å²) in [7, 11) is 0.990. The number of nitrogens with one attached hydrogen (secondary N) is 2. The second-order valence-corrected chi connectivity index (χ2v) is 9.25. The van der Waals surface area contributed by atoms with Gasteiger partial charge in [0.25, 0.3) is 5.79 Å². The summed E-state index contributed by atoms with van der Waals surface area (Å²) >= 11 is 0. The number of esters is 1. The Morgan fingerprint density at radius 1 is 1.10 bits per heavy atom. The van der Waals surface area contributed by atoms with Crippen molar-refractivity contribution >= 4 is 17.8 Å². The fraction of sp³-hybridized carbons (Fsp3) is 0.783. The molecule has 2 fully saturated rings. The molecule has 0 aromatic carbocycles. The van der Waals surface area contributed by atoms with Crippen LogP contribution in [-0.2, 0) is 38.1 Å². The van der Waals surface area contributed by atoms with Gasteiger partial charge in [-0.25, -0.2) is 4.79 Å². The van der Waals surface area contributed by atoms with Crippen LogP contribution in [-0.4, -0.2) is 142 Å². The van der Waals surface area contributed by atoms with Gasteiger partial charge in [-0.1, -0.05) is 6.08 Å². The first-order valence-electron chi connectivity index (χ1n) is 12.1. The summed E-state index contributed by atoms with van der Waals surface area (Å²) in [5, 5.41) is 66.8. The molecule has 2 heterocycles. The van der Waals surface area contributed by atoms with E-state index in [1.165, 1.54) is 13.0 Å². The molecule has 2 rings (SSSR count). The van der Waals surface area contributed by atoms with Gasteiger partial charge in [-0.05, 0) is 0 Å². The van der Waals surface area contributed by atoms with Crippen molar-refractivity contribution in [3.05, 3.63) is 12.7 Å². The van der Waals surface area contributed by atoms with Gasteiger partial charge in [0.1, 0.15) is 42.7 Å². The minimum Gasteiger partial charge on any atom is -0.465 e. The molecule has 16 nitrogen and oxygen atoms in total. The highest BCUT2D eigenvalue weighted by molar-refractivity contribution is 5.78. The van der Waals surface area contributed by atoms with E-state index in [9.17, 15) is 45.0 Å². The standard InChI is InChI=1S/C23H38N2O14/c1-5-6-36-21-16(25-11(3)28)19(33)18(32)14(38-21)9-37-23(22(34)35-4)7-12(29)15(24-10(2)27)20(39-23)17(31)13(30)8-26/h5,12-21,26,29-33H,1,6-9H2,2-4H3,(H,24,27)(H,25,28)/t12-,13-,14?,15-,16?,17-,18+,19-,20?,21+,23-/m1/s1. The second-order valence-electron chi connectivity index (χ2n) is 9.25. The third-order valence-corrected chi connectivity index (χ3v) is 6.29. The van der Waals surface area contributed by atoms with Crippen LogP contribution in [0.1, 0.15) is 20.3 Å². The van der Waals surface area contributed by atoms with Crippen molar-refractivity contribution < 1.29 is 68.7 Å². The maximum Gasteiger partial charge on any atom is 0.366 e. The van der Waals surface area contributed by atoms with E-state index in [1.54, 1.807) is 0 Å². The van der Waals surface area contributed by atoms with Crippen LogP contribution < -0.4 is 10.6 Å². The van der Waals surface area contributed by atoms with E-state index in [-0.39, 0.29) is 6.61 Å².